The summed E-state index contributed by atoms with van der Waals surface area (Å²) < 4.78 is 31.4. The van der Waals surface area contributed by atoms with Gasteiger partial charge in [-0.15, -0.1) is 0 Å². The molecule has 1 aromatic rings. The zero-order valence-electron chi connectivity index (χ0n) is 12.5. The maximum atomic E-state index is 12.5. The quantitative estimate of drug-likeness (QED) is 0.417. The summed E-state index contributed by atoms with van der Waals surface area (Å²) in [5.74, 6) is 0. The number of nitro benzene ring substituents is 1. The van der Waals surface area contributed by atoms with Crippen LogP contribution in [0, 0.1) is 10.1 Å². The molecule has 0 amide bonds. The van der Waals surface area contributed by atoms with E-state index in [4.69, 9.17) is 9.84 Å². The molecule has 23 heavy (non-hydrogen) atoms. The number of nitro groups is 1. The Labute approximate surface area is 134 Å². The van der Waals surface area contributed by atoms with Crippen molar-refractivity contribution < 1.29 is 23.2 Å². The van der Waals surface area contributed by atoms with Gasteiger partial charge >= 0.3 is 0 Å². The van der Waals surface area contributed by atoms with Gasteiger partial charge in [0.15, 0.2) is 0 Å². The normalized spacial score (nSPS) is 16.2. The molecular formula is C13H19N3O6S. The van der Waals surface area contributed by atoms with Crippen LogP contribution in [0.5, 0.6) is 0 Å². The molecule has 1 saturated heterocycles. The smallest absolute Gasteiger partial charge is 0.293 e. The molecule has 1 fully saturated rings. The Hall–Kier alpha value is -1.75. The summed E-state index contributed by atoms with van der Waals surface area (Å²) in [7, 11) is -3.78. The topological polar surface area (TPSA) is 122 Å². The van der Waals surface area contributed by atoms with E-state index in [1.54, 1.807) is 0 Å². The molecule has 128 valence electrons. The first-order valence-corrected chi connectivity index (χ1v) is 8.62. The van der Waals surface area contributed by atoms with Gasteiger partial charge < -0.3 is 15.2 Å². The van der Waals surface area contributed by atoms with Crippen molar-refractivity contribution in [3.8, 4) is 0 Å². The van der Waals surface area contributed by atoms with Gasteiger partial charge in [-0.25, -0.2) is 8.42 Å². The van der Waals surface area contributed by atoms with Gasteiger partial charge in [-0.1, -0.05) is 0 Å². The number of hydrogen-bond acceptors (Lipinski definition) is 7. The maximum Gasteiger partial charge on any atom is 0.293 e. The average Bonchev–Trinajstić information content (AvgIpc) is 2.56. The van der Waals surface area contributed by atoms with E-state index in [0.29, 0.717) is 26.2 Å². The fraction of sp³-hybridized carbons (Fsp3) is 0.538. The Morgan fingerprint density at radius 3 is 2.65 bits per heavy atom. The minimum atomic E-state index is -3.78. The van der Waals surface area contributed by atoms with Gasteiger partial charge in [0.2, 0.25) is 10.0 Å². The van der Waals surface area contributed by atoms with E-state index in [1.807, 2.05) is 0 Å². The summed E-state index contributed by atoms with van der Waals surface area (Å²) in [5, 5.41) is 22.8. The minimum absolute atomic E-state index is 0.0374. The second-order valence-electron chi connectivity index (χ2n) is 4.96. The zero-order valence-corrected chi connectivity index (χ0v) is 13.3. The highest BCUT2D eigenvalue weighted by atomic mass is 32.2. The molecule has 1 aliphatic heterocycles. The van der Waals surface area contributed by atoms with Gasteiger partial charge in [-0.3, -0.25) is 10.1 Å². The van der Waals surface area contributed by atoms with Crippen molar-refractivity contribution in [1.29, 1.82) is 0 Å². The molecule has 9 nitrogen and oxygen atoms in total. The molecule has 0 aliphatic carbocycles. The summed E-state index contributed by atoms with van der Waals surface area (Å²) >= 11 is 0. The van der Waals surface area contributed by atoms with Crippen LogP contribution in [0.2, 0.25) is 0 Å². The molecule has 1 aliphatic rings. The van der Waals surface area contributed by atoms with Crippen LogP contribution >= 0.6 is 0 Å². The first-order chi connectivity index (χ1) is 11.0. The van der Waals surface area contributed by atoms with E-state index in [0.717, 1.165) is 6.07 Å². The SMILES string of the molecule is O=[N+]([O-])c1cc(S(=O)(=O)N2CCOCC2)ccc1NCCCO. The molecule has 1 heterocycles. The lowest BCUT2D eigenvalue weighted by atomic mass is 10.2. The Balaban J connectivity index is 2.29. The monoisotopic (exact) mass is 345 g/mol. The number of rotatable bonds is 7. The van der Waals surface area contributed by atoms with Crippen LogP contribution in [-0.4, -0.2) is 62.2 Å². The predicted octanol–water partition coefficient (Wildman–Crippen LogP) is 0.410. The highest BCUT2D eigenvalue weighted by Crippen LogP contribution is 2.29. The highest BCUT2D eigenvalue weighted by Gasteiger charge is 2.28. The molecular weight excluding hydrogens is 326 g/mol. The third kappa shape index (κ3) is 4.16. The number of benzene rings is 1. The number of nitrogens with one attached hydrogen (secondary N) is 1. The maximum absolute atomic E-state index is 12.5. The van der Waals surface area contributed by atoms with Crippen molar-refractivity contribution >= 4 is 21.4 Å². The van der Waals surface area contributed by atoms with E-state index in [9.17, 15) is 18.5 Å². The molecule has 2 N–H and O–H groups in total. The lowest BCUT2D eigenvalue weighted by Gasteiger charge is -2.26. The summed E-state index contributed by atoms with van der Waals surface area (Å²) in [6, 6.07) is 3.79. The second-order valence-corrected chi connectivity index (χ2v) is 6.89. The molecule has 0 aromatic heterocycles. The Bertz CT molecular complexity index is 658. The lowest BCUT2D eigenvalue weighted by molar-refractivity contribution is -0.384. The van der Waals surface area contributed by atoms with E-state index < -0.39 is 14.9 Å². The van der Waals surface area contributed by atoms with Crippen molar-refractivity contribution in [3.63, 3.8) is 0 Å². The molecule has 1 aromatic carbocycles. The summed E-state index contributed by atoms with van der Waals surface area (Å²) in [6.45, 7) is 1.39. The fourth-order valence-corrected chi connectivity index (χ4v) is 3.64. The number of aliphatic hydroxyl groups is 1. The Morgan fingerprint density at radius 1 is 1.35 bits per heavy atom. The third-order valence-corrected chi connectivity index (χ3v) is 5.32. The summed E-state index contributed by atoms with van der Waals surface area (Å²) in [4.78, 5) is 10.5. The first-order valence-electron chi connectivity index (χ1n) is 7.18. The van der Waals surface area contributed by atoms with Crippen LogP contribution in [0.3, 0.4) is 0 Å². The standard InChI is InChI=1S/C13H19N3O6S/c17-7-1-4-14-12-3-2-11(10-13(12)16(18)19)23(20,21)15-5-8-22-9-6-15/h2-3,10,14,17H,1,4-9H2. The Kier molecular flexibility index (Phi) is 5.88. The van der Waals surface area contributed by atoms with E-state index in [2.05, 4.69) is 5.32 Å². The summed E-state index contributed by atoms with van der Waals surface area (Å²) in [5.41, 5.74) is -0.0818. The number of nitrogens with zero attached hydrogens (tertiary/aromatic N) is 2. The van der Waals surface area contributed by atoms with Gasteiger partial charge in [-0.05, 0) is 18.6 Å². The van der Waals surface area contributed by atoms with Crippen LogP contribution < -0.4 is 5.32 Å². The van der Waals surface area contributed by atoms with Gasteiger partial charge in [-0.2, -0.15) is 4.31 Å². The number of aliphatic hydroxyl groups excluding tert-OH is 1. The Morgan fingerprint density at radius 2 is 2.04 bits per heavy atom. The van der Waals surface area contributed by atoms with Crippen LogP contribution in [0.15, 0.2) is 23.1 Å². The van der Waals surface area contributed by atoms with E-state index in [-0.39, 0.29) is 36.0 Å². The van der Waals surface area contributed by atoms with Gasteiger partial charge in [0, 0.05) is 32.3 Å². The zero-order chi connectivity index (χ0) is 16.9. The fourth-order valence-electron chi connectivity index (χ4n) is 2.21. The number of anilines is 1. The average molecular weight is 345 g/mol. The van der Waals surface area contributed by atoms with Gasteiger partial charge in [0.05, 0.1) is 23.0 Å². The lowest BCUT2D eigenvalue weighted by Crippen LogP contribution is -2.40. The number of hydrogen-bond donors (Lipinski definition) is 2. The van der Waals surface area contributed by atoms with Crippen molar-refractivity contribution in [2.24, 2.45) is 0 Å². The van der Waals surface area contributed by atoms with E-state index >= 15 is 0 Å². The molecule has 0 bridgehead atoms. The molecule has 0 atom stereocenters. The van der Waals surface area contributed by atoms with Crippen molar-refractivity contribution in [2.45, 2.75) is 11.3 Å². The molecule has 0 saturated carbocycles. The first kappa shape index (κ1) is 17.6. The largest absolute Gasteiger partial charge is 0.396 e. The van der Waals surface area contributed by atoms with Gasteiger partial charge in [0.25, 0.3) is 5.69 Å². The second kappa shape index (κ2) is 7.68. The van der Waals surface area contributed by atoms with Crippen LogP contribution in [0.1, 0.15) is 6.42 Å². The highest BCUT2D eigenvalue weighted by molar-refractivity contribution is 7.89. The number of sulfonamides is 1. The van der Waals surface area contributed by atoms with E-state index in [1.165, 1.54) is 16.4 Å². The molecule has 2 rings (SSSR count). The molecule has 0 radical (unpaired) electrons. The third-order valence-electron chi connectivity index (χ3n) is 3.42. The minimum Gasteiger partial charge on any atom is -0.396 e. The van der Waals surface area contributed by atoms with Crippen molar-refractivity contribution in [2.75, 3.05) is 44.8 Å². The van der Waals surface area contributed by atoms with Crippen LogP contribution in [0.4, 0.5) is 11.4 Å². The molecule has 0 spiro atoms. The van der Waals surface area contributed by atoms with Crippen LogP contribution in [0.25, 0.3) is 0 Å². The molecule has 0 unspecified atom stereocenters. The van der Waals surface area contributed by atoms with Crippen molar-refractivity contribution in [1.82, 2.24) is 4.31 Å². The number of ether oxygens (including phenoxy) is 1. The molecule has 10 heteroatoms. The summed E-state index contributed by atoms with van der Waals surface area (Å²) in [6.07, 6.45) is 0.435. The van der Waals surface area contributed by atoms with Crippen LogP contribution in [-0.2, 0) is 14.8 Å². The number of morpholine rings is 1. The predicted molar refractivity (Wildman–Crippen MR) is 82.9 cm³/mol. The van der Waals surface area contributed by atoms with Crippen molar-refractivity contribution in [3.05, 3.63) is 28.3 Å². The van der Waals surface area contributed by atoms with Gasteiger partial charge in [0.1, 0.15) is 5.69 Å².